The summed E-state index contributed by atoms with van der Waals surface area (Å²) in [5.74, 6) is -0.0533. The summed E-state index contributed by atoms with van der Waals surface area (Å²) in [6.45, 7) is 14.0. The zero-order valence-corrected chi connectivity index (χ0v) is 22.2. The van der Waals surface area contributed by atoms with Crippen molar-refractivity contribution in [3.8, 4) is 0 Å². The van der Waals surface area contributed by atoms with Gasteiger partial charge in [0.1, 0.15) is 17.8 Å². The average molecular weight is 502 g/mol. The number of hydrogen-bond donors (Lipinski definition) is 2. The number of aliphatic hydroxyl groups excluding tert-OH is 1. The third-order valence-corrected chi connectivity index (χ3v) is 10.7. The number of aliphatic hydroxyl groups is 1. The summed E-state index contributed by atoms with van der Waals surface area (Å²) >= 11 is 0. The number of carboxylic acids is 1. The van der Waals surface area contributed by atoms with Gasteiger partial charge < -0.3 is 24.5 Å². The number of β-amino-alcohol motifs (C(OH)–C–C–N with tert-alkyl or cyclic N) is 1. The Bertz CT molecular complexity index is 948. The molecule has 5 rings (SSSR count). The molecule has 0 aromatic rings. The van der Waals surface area contributed by atoms with E-state index < -0.39 is 34.6 Å². The highest BCUT2D eigenvalue weighted by molar-refractivity contribution is 5.90. The van der Waals surface area contributed by atoms with Crippen LogP contribution in [0.1, 0.15) is 53.4 Å². The van der Waals surface area contributed by atoms with Crippen molar-refractivity contribution in [1.29, 1.82) is 0 Å². The number of rotatable bonds is 8. The number of carbonyl (C=O) groups is 2. The maximum Gasteiger partial charge on any atom is 0.315 e. The van der Waals surface area contributed by atoms with Crippen molar-refractivity contribution >= 4 is 12.3 Å². The lowest BCUT2D eigenvalue weighted by atomic mass is 9.43. The predicted molar refractivity (Wildman–Crippen MR) is 135 cm³/mol. The Labute approximate surface area is 214 Å². The summed E-state index contributed by atoms with van der Waals surface area (Å²) < 4.78 is 12.6. The van der Waals surface area contributed by atoms with E-state index in [2.05, 4.69) is 24.5 Å². The number of nitrogens with zero attached hydrogens (tertiary/aromatic N) is 1. The van der Waals surface area contributed by atoms with Gasteiger partial charge in [-0.25, -0.2) is 0 Å². The molecule has 4 bridgehead atoms. The van der Waals surface area contributed by atoms with E-state index in [0.717, 1.165) is 31.1 Å². The highest BCUT2D eigenvalue weighted by atomic mass is 16.7. The molecule has 1 heterocycles. The molecule has 10 atom stereocenters. The standard InChI is InChI=1S/C29H43NO6/c1-6-9-30-13-19(5)36-25(24(32)14-30)35-16-28-12-21-18(4)7-8-22(21)27(15-31)11-20(28)10-23(17(2)3)29(27,28)26(33)34/h6,10,15,17-22,24-25,32H,1,7-9,11-14,16H2,2-5H3,(H,33,34)/t18-,19-,20+,21-,22-,24+,25-,27+,28+,29+/m1/s1. The summed E-state index contributed by atoms with van der Waals surface area (Å²) in [6.07, 6.45) is 6.42. The zero-order valence-electron chi connectivity index (χ0n) is 22.2. The van der Waals surface area contributed by atoms with Gasteiger partial charge in [0.15, 0.2) is 6.29 Å². The molecule has 1 aliphatic heterocycles. The molecule has 36 heavy (non-hydrogen) atoms. The van der Waals surface area contributed by atoms with Crippen molar-refractivity contribution in [3.63, 3.8) is 0 Å². The van der Waals surface area contributed by atoms with Gasteiger partial charge in [-0.2, -0.15) is 0 Å². The van der Waals surface area contributed by atoms with Crippen LogP contribution < -0.4 is 0 Å². The van der Waals surface area contributed by atoms with Crippen molar-refractivity contribution in [2.45, 2.75) is 71.9 Å². The number of fused-ring (bicyclic) bond motifs is 2. The van der Waals surface area contributed by atoms with Gasteiger partial charge >= 0.3 is 5.97 Å². The fourth-order valence-electron chi connectivity index (χ4n) is 9.50. The van der Waals surface area contributed by atoms with E-state index in [1.807, 2.05) is 26.8 Å². The van der Waals surface area contributed by atoms with Gasteiger partial charge in [0.05, 0.1) is 18.1 Å². The predicted octanol–water partition coefficient (Wildman–Crippen LogP) is 3.52. The minimum atomic E-state index is -1.28. The Hall–Kier alpha value is -1.54. The van der Waals surface area contributed by atoms with Crippen LogP contribution in [0, 0.1) is 45.8 Å². The van der Waals surface area contributed by atoms with Gasteiger partial charge in [-0.05, 0) is 55.8 Å². The number of aldehydes is 1. The first kappa shape index (κ1) is 26.1. The molecular formula is C29H43NO6. The van der Waals surface area contributed by atoms with Gasteiger partial charge in [-0.3, -0.25) is 9.69 Å². The summed E-state index contributed by atoms with van der Waals surface area (Å²) in [5, 5.41) is 22.1. The van der Waals surface area contributed by atoms with Crippen molar-refractivity contribution in [3.05, 3.63) is 24.3 Å². The van der Waals surface area contributed by atoms with Gasteiger partial charge in [0, 0.05) is 25.0 Å². The molecule has 2 N–H and O–H groups in total. The van der Waals surface area contributed by atoms with E-state index in [1.165, 1.54) is 0 Å². The zero-order chi connectivity index (χ0) is 26.0. The molecule has 3 saturated carbocycles. The lowest BCUT2D eigenvalue weighted by Gasteiger charge is -2.58. The SMILES string of the molecule is C=CCN1C[C@@H](C)O[C@@H](OC[C@@]23C[C@@H]4[C@H](C)CC[C@H]4[C@@]4(C=O)C[C@@H]2C=C(C(C)C)[C@@]34C(=O)O)[C@@H](O)C1. The minimum absolute atomic E-state index is 0.0210. The van der Waals surface area contributed by atoms with Crippen LogP contribution in [0.3, 0.4) is 0 Å². The highest BCUT2D eigenvalue weighted by Crippen LogP contribution is 2.82. The van der Waals surface area contributed by atoms with Crippen LogP contribution in [0.15, 0.2) is 24.3 Å². The molecule has 1 saturated heterocycles. The van der Waals surface area contributed by atoms with Gasteiger partial charge in [0.25, 0.3) is 0 Å². The maximum absolute atomic E-state index is 13.5. The highest BCUT2D eigenvalue weighted by Gasteiger charge is 2.84. The number of hydrogen-bond acceptors (Lipinski definition) is 6. The lowest BCUT2D eigenvalue weighted by Crippen LogP contribution is -2.63. The molecule has 7 heteroatoms. The number of carboxylic acid groups (broad SMARTS) is 1. The van der Waals surface area contributed by atoms with E-state index in [1.54, 1.807) is 0 Å². The van der Waals surface area contributed by atoms with E-state index >= 15 is 0 Å². The maximum atomic E-state index is 13.5. The quantitative estimate of drug-likeness (QED) is 0.388. The second kappa shape index (κ2) is 9.04. The Balaban J connectivity index is 1.54. The second-order valence-corrected chi connectivity index (χ2v) is 12.7. The third kappa shape index (κ3) is 3.25. The Morgan fingerprint density at radius 2 is 2.06 bits per heavy atom. The van der Waals surface area contributed by atoms with E-state index in [9.17, 15) is 19.8 Å². The van der Waals surface area contributed by atoms with Crippen LogP contribution in [0.4, 0.5) is 0 Å². The first-order valence-electron chi connectivity index (χ1n) is 13.8. The molecule has 0 unspecified atom stereocenters. The lowest BCUT2D eigenvalue weighted by molar-refractivity contribution is -0.235. The first-order valence-corrected chi connectivity index (χ1v) is 13.8. The molecule has 0 radical (unpaired) electrons. The molecule has 0 aromatic carbocycles. The molecule has 0 spiro atoms. The second-order valence-electron chi connectivity index (χ2n) is 12.7. The third-order valence-electron chi connectivity index (χ3n) is 10.7. The summed E-state index contributed by atoms with van der Waals surface area (Å²) in [6, 6.07) is 0. The van der Waals surface area contributed by atoms with Gasteiger partial charge in [0.2, 0.25) is 0 Å². The molecule has 200 valence electrons. The van der Waals surface area contributed by atoms with E-state index in [-0.39, 0.29) is 30.5 Å². The van der Waals surface area contributed by atoms with Crippen molar-refractivity contribution in [2.24, 2.45) is 45.8 Å². The van der Waals surface area contributed by atoms with Crippen molar-refractivity contribution in [1.82, 2.24) is 4.90 Å². The molecule has 5 aliphatic rings. The minimum Gasteiger partial charge on any atom is -0.481 e. The normalized spacial score (nSPS) is 47.9. The van der Waals surface area contributed by atoms with Crippen molar-refractivity contribution < 1.29 is 29.3 Å². The first-order chi connectivity index (χ1) is 17.1. The van der Waals surface area contributed by atoms with Crippen LogP contribution in [0.2, 0.25) is 0 Å². The Kier molecular flexibility index (Phi) is 6.55. The average Bonchev–Trinajstić information content (AvgIpc) is 3.34. The Morgan fingerprint density at radius 1 is 1.31 bits per heavy atom. The summed E-state index contributed by atoms with van der Waals surface area (Å²) in [7, 11) is 0. The molecule has 0 amide bonds. The molecule has 4 aliphatic carbocycles. The number of aliphatic carboxylic acids is 1. The Morgan fingerprint density at radius 3 is 2.69 bits per heavy atom. The molecule has 7 nitrogen and oxygen atoms in total. The summed E-state index contributed by atoms with van der Waals surface area (Å²) in [5.41, 5.74) is -2.01. The fraction of sp³-hybridized carbons (Fsp3) is 0.793. The fourth-order valence-corrected chi connectivity index (χ4v) is 9.50. The summed E-state index contributed by atoms with van der Waals surface area (Å²) in [4.78, 5) is 28.8. The van der Waals surface area contributed by atoms with Crippen molar-refractivity contribution in [2.75, 3.05) is 26.2 Å². The van der Waals surface area contributed by atoms with Crippen LogP contribution in [0.5, 0.6) is 0 Å². The largest absolute Gasteiger partial charge is 0.481 e. The molecule has 0 aromatic heterocycles. The monoisotopic (exact) mass is 501 g/mol. The number of allylic oxidation sites excluding steroid dienone is 1. The van der Waals surface area contributed by atoms with E-state index in [4.69, 9.17) is 9.47 Å². The topological polar surface area (TPSA) is 96.3 Å². The smallest absolute Gasteiger partial charge is 0.315 e. The number of ether oxygens (including phenoxy) is 2. The number of carbonyl (C=O) groups excluding carboxylic acids is 1. The molecular weight excluding hydrogens is 458 g/mol. The van der Waals surface area contributed by atoms with Crippen LogP contribution in [-0.4, -0.2) is 72.1 Å². The van der Waals surface area contributed by atoms with Crippen LogP contribution >= 0.6 is 0 Å². The molecule has 4 fully saturated rings. The van der Waals surface area contributed by atoms with Crippen LogP contribution in [0.25, 0.3) is 0 Å². The van der Waals surface area contributed by atoms with E-state index in [0.29, 0.717) is 37.9 Å². The van der Waals surface area contributed by atoms with Gasteiger partial charge in [-0.15, -0.1) is 6.58 Å². The van der Waals surface area contributed by atoms with Crippen LogP contribution in [-0.2, 0) is 19.1 Å². The van der Waals surface area contributed by atoms with Gasteiger partial charge in [-0.1, -0.05) is 44.9 Å².